The molecule has 0 radical (unpaired) electrons. The minimum Gasteiger partial charge on any atom is -0.0619 e. The molecule has 2 aliphatic carbocycles. The van der Waals surface area contributed by atoms with Crippen LogP contribution >= 0.6 is 0 Å². The molecule has 0 fully saturated rings. The normalized spacial score (nSPS) is 14.5. The Hall–Kier alpha value is -6.76. The van der Waals surface area contributed by atoms with Gasteiger partial charge < -0.3 is 0 Å². The van der Waals surface area contributed by atoms with Gasteiger partial charge in [0.15, 0.2) is 0 Å². The van der Waals surface area contributed by atoms with Gasteiger partial charge in [0.25, 0.3) is 0 Å². The van der Waals surface area contributed by atoms with E-state index in [1.807, 2.05) is 0 Å². The van der Waals surface area contributed by atoms with Gasteiger partial charge in [0.1, 0.15) is 0 Å². The van der Waals surface area contributed by atoms with Crippen molar-refractivity contribution in [1.82, 2.24) is 0 Å². The van der Waals surface area contributed by atoms with Crippen molar-refractivity contribution in [3.05, 3.63) is 204 Å². The van der Waals surface area contributed by atoms with Crippen LogP contribution in [-0.4, -0.2) is 0 Å². The molecule has 0 atom stereocenters. The predicted octanol–water partition coefficient (Wildman–Crippen LogP) is 15.9. The van der Waals surface area contributed by atoms with Crippen LogP contribution in [0.4, 0.5) is 0 Å². The fraction of sp³-hybridized carbons (Fsp3) is 0.103. The molecule has 0 nitrogen and oxygen atoms in total. The van der Waals surface area contributed by atoms with E-state index in [0.717, 1.165) is 0 Å². The number of rotatable bonds is 4. The van der Waals surface area contributed by atoms with Gasteiger partial charge in [-0.3, -0.25) is 0 Å². The van der Waals surface area contributed by atoms with E-state index >= 15 is 0 Å². The maximum Gasteiger partial charge on any atom is 0.0158 e. The van der Waals surface area contributed by atoms with Crippen molar-refractivity contribution in [2.75, 3.05) is 0 Å². The lowest BCUT2D eigenvalue weighted by Crippen LogP contribution is -2.14. The monoisotopic (exact) mass is 738 g/mol. The zero-order valence-corrected chi connectivity index (χ0v) is 33.3. The van der Waals surface area contributed by atoms with E-state index in [-0.39, 0.29) is 10.8 Å². The van der Waals surface area contributed by atoms with E-state index < -0.39 is 0 Å². The zero-order valence-electron chi connectivity index (χ0n) is 33.3. The largest absolute Gasteiger partial charge is 0.0619 e. The number of hydrogen-bond acceptors (Lipinski definition) is 0. The minimum absolute atomic E-state index is 0.00537. The van der Waals surface area contributed by atoms with Gasteiger partial charge in [0.2, 0.25) is 0 Å². The molecule has 0 amide bonds. The summed E-state index contributed by atoms with van der Waals surface area (Å²) in [5.41, 5.74) is 21.1. The van der Waals surface area contributed by atoms with Gasteiger partial charge in [0, 0.05) is 10.8 Å². The van der Waals surface area contributed by atoms with Gasteiger partial charge in [-0.2, -0.15) is 0 Å². The summed E-state index contributed by atoms with van der Waals surface area (Å²) in [5.74, 6) is 0. The van der Waals surface area contributed by atoms with Crippen molar-refractivity contribution < 1.29 is 0 Å². The van der Waals surface area contributed by atoms with Crippen molar-refractivity contribution in [3.8, 4) is 66.8 Å². The molecule has 0 bridgehead atoms. The van der Waals surface area contributed by atoms with Crippen LogP contribution < -0.4 is 0 Å². The van der Waals surface area contributed by atoms with Crippen LogP contribution in [0.15, 0.2) is 182 Å². The maximum atomic E-state index is 2.41. The third-order valence-electron chi connectivity index (χ3n) is 13.9. The van der Waals surface area contributed by atoms with E-state index in [4.69, 9.17) is 0 Å². The molecule has 10 aromatic rings. The molecular formula is C58H42. The fourth-order valence-electron chi connectivity index (χ4n) is 10.8. The first-order valence-electron chi connectivity index (χ1n) is 20.7. The zero-order chi connectivity index (χ0) is 38.9. The number of fused-ring (bicyclic) bond motifs is 6. The van der Waals surface area contributed by atoms with Crippen LogP contribution in [0.2, 0.25) is 0 Å². The lowest BCUT2D eigenvalue weighted by Gasteiger charge is -2.21. The molecule has 0 aromatic heterocycles. The molecule has 274 valence electrons. The molecule has 0 N–H and O–H groups in total. The molecule has 10 aromatic carbocycles. The molecule has 0 heterocycles. The summed E-state index contributed by atoms with van der Waals surface area (Å²) in [4.78, 5) is 0. The standard InChI is InChI=1S/C58H42/c1-57(2)51-14-7-5-12-45(51)49-33-40(24-30-53(49)57)35-16-18-36(19-17-35)43-26-20-37-23-29-48-44(27-21-38-22-28-47(43)55(37)56(38)48)42-11-9-10-39(32-42)41-25-31-54-50(34-41)46-13-6-8-15-52(46)58(54,3)4/h5-34H,1-4H3. The van der Waals surface area contributed by atoms with Gasteiger partial charge >= 0.3 is 0 Å². The molecule has 0 unspecified atom stereocenters. The Balaban J connectivity index is 0.928. The lowest BCUT2D eigenvalue weighted by atomic mass is 9.82. The summed E-state index contributed by atoms with van der Waals surface area (Å²) in [5, 5.41) is 7.84. The van der Waals surface area contributed by atoms with Crippen molar-refractivity contribution in [1.29, 1.82) is 0 Å². The average Bonchev–Trinajstić information content (AvgIpc) is 3.64. The van der Waals surface area contributed by atoms with E-state index in [0.29, 0.717) is 0 Å². The average molecular weight is 739 g/mol. The third kappa shape index (κ3) is 4.63. The van der Waals surface area contributed by atoms with Crippen molar-refractivity contribution in [2.45, 2.75) is 38.5 Å². The predicted molar refractivity (Wildman–Crippen MR) is 247 cm³/mol. The Morgan fingerprint density at radius 3 is 1.24 bits per heavy atom. The summed E-state index contributed by atoms with van der Waals surface area (Å²) in [7, 11) is 0. The SMILES string of the molecule is CC1(C)c2ccccc2-c2cc(-c3ccc(-c4ccc5ccc6c(-c7cccc(-c8ccc9c(c8)-c8ccccc8C9(C)C)c7)ccc7ccc4c5c76)cc3)ccc21. The summed E-state index contributed by atoms with van der Waals surface area (Å²) >= 11 is 0. The summed E-state index contributed by atoms with van der Waals surface area (Å²) < 4.78 is 0. The summed E-state index contributed by atoms with van der Waals surface area (Å²) in [6.07, 6.45) is 0. The molecule has 12 rings (SSSR count). The Bertz CT molecular complexity index is 3320. The Kier molecular flexibility index (Phi) is 6.84. The first-order valence-corrected chi connectivity index (χ1v) is 20.7. The number of hydrogen-bond donors (Lipinski definition) is 0. The van der Waals surface area contributed by atoms with E-state index in [1.165, 1.54) is 121 Å². The molecule has 0 saturated carbocycles. The summed E-state index contributed by atoms with van der Waals surface area (Å²) in [6.45, 7) is 9.38. The second-order valence-electron chi connectivity index (χ2n) is 17.7. The molecule has 58 heavy (non-hydrogen) atoms. The van der Waals surface area contributed by atoms with Crippen LogP contribution in [0.25, 0.3) is 99.1 Å². The molecule has 2 aliphatic rings. The Labute approximate surface area is 340 Å². The highest BCUT2D eigenvalue weighted by molar-refractivity contribution is 6.27. The van der Waals surface area contributed by atoms with Gasteiger partial charge in [0.05, 0.1) is 0 Å². The molecule has 0 heteroatoms. The second-order valence-corrected chi connectivity index (χ2v) is 17.7. The van der Waals surface area contributed by atoms with Crippen molar-refractivity contribution in [3.63, 3.8) is 0 Å². The topological polar surface area (TPSA) is 0 Å². The van der Waals surface area contributed by atoms with Crippen LogP contribution in [0.5, 0.6) is 0 Å². The van der Waals surface area contributed by atoms with Crippen LogP contribution in [0.3, 0.4) is 0 Å². The molecule has 0 aliphatic heterocycles. The van der Waals surface area contributed by atoms with Crippen LogP contribution in [0, 0.1) is 0 Å². The first-order chi connectivity index (χ1) is 28.3. The van der Waals surface area contributed by atoms with E-state index in [9.17, 15) is 0 Å². The van der Waals surface area contributed by atoms with Gasteiger partial charge in [-0.05, 0) is 140 Å². The Morgan fingerprint density at radius 2 is 0.672 bits per heavy atom. The minimum atomic E-state index is 0.00537. The maximum absolute atomic E-state index is 2.41. The van der Waals surface area contributed by atoms with Gasteiger partial charge in [-0.25, -0.2) is 0 Å². The van der Waals surface area contributed by atoms with Gasteiger partial charge in [-0.15, -0.1) is 0 Å². The van der Waals surface area contributed by atoms with Crippen LogP contribution in [-0.2, 0) is 10.8 Å². The Morgan fingerprint density at radius 1 is 0.259 bits per heavy atom. The van der Waals surface area contributed by atoms with Crippen molar-refractivity contribution >= 4 is 32.3 Å². The summed E-state index contributed by atoms with van der Waals surface area (Å²) in [6, 6.07) is 68.8. The first kappa shape index (κ1) is 33.4. The quantitative estimate of drug-likeness (QED) is 0.158. The molecular weight excluding hydrogens is 697 g/mol. The second kappa shape index (κ2) is 11.9. The van der Waals surface area contributed by atoms with Crippen molar-refractivity contribution in [2.24, 2.45) is 0 Å². The molecule has 0 spiro atoms. The van der Waals surface area contributed by atoms with Crippen LogP contribution in [0.1, 0.15) is 49.9 Å². The highest BCUT2D eigenvalue weighted by atomic mass is 14.4. The fourth-order valence-corrected chi connectivity index (χ4v) is 10.8. The lowest BCUT2D eigenvalue weighted by molar-refractivity contribution is 0.660. The molecule has 0 saturated heterocycles. The third-order valence-corrected chi connectivity index (χ3v) is 13.9. The van der Waals surface area contributed by atoms with Gasteiger partial charge in [-0.1, -0.05) is 191 Å². The highest BCUT2D eigenvalue weighted by Crippen LogP contribution is 2.51. The highest BCUT2D eigenvalue weighted by Gasteiger charge is 2.36. The van der Waals surface area contributed by atoms with E-state index in [2.05, 4.69) is 210 Å². The smallest absolute Gasteiger partial charge is 0.0158 e. The van der Waals surface area contributed by atoms with E-state index in [1.54, 1.807) is 0 Å². The number of benzene rings is 10.